The van der Waals surface area contributed by atoms with E-state index in [1.165, 1.54) is 24.3 Å². The van der Waals surface area contributed by atoms with Crippen molar-refractivity contribution in [1.29, 1.82) is 0 Å². The Morgan fingerprint density at radius 2 is 1.44 bits per heavy atom. The van der Waals surface area contributed by atoms with E-state index in [1.807, 2.05) is 0 Å². The van der Waals surface area contributed by atoms with Gasteiger partial charge in [-0.2, -0.15) is 13.2 Å². The molecule has 0 spiro atoms. The van der Waals surface area contributed by atoms with Crippen molar-refractivity contribution in [2.45, 2.75) is 44.3 Å². The van der Waals surface area contributed by atoms with Gasteiger partial charge in [0.2, 0.25) is 17.7 Å². The maximum atomic E-state index is 12.9. The van der Waals surface area contributed by atoms with E-state index in [4.69, 9.17) is 4.84 Å². The lowest BCUT2D eigenvalue weighted by molar-refractivity contribution is -0.174. The van der Waals surface area contributed by atoms with Crippen LogP contribution in [-0.2, 0) is 20.8 Å². The van der Waals surface area contributed by atoms with Gasteiger partial charge in [0.15, 0.2) is 5.78 Å². The van der Waals surface area contributed by atoms with E-state index in [0.717, 1.165) is 12.1 Å². The molecule has 0 aliphatic heterocycles. The van der Waals surface area contributed by atoms with Crippen molar-refractivity contribution < 1.29 is 47.4 Å². The van der Waals surface area contributed by atoms with Crippen molar-refractivity contribution in [3.8, 4) is 11.8 Å². The van der Waals surface area contributed by atoms with Gasteiger partial charge in [-0.25, -0.2) is 4.79 Å². The van der Waals surface area contributed by atoms with Gasteiger partial charge in [0.1, 0.15) is 6.04 Å². The highest BCUT2D eigenvalue weighted by Gasteiger charge is 2.40. The molecule has 0 bridgehead atoms. The molecule has 1 aromatic heterocycles. The molecule has 2 amide bonds. The number of rotatable bonds is 13. The maximum absolute atomic E-state index is 12.9. The Hall–Kier alpha value is -4.81. The number of halogens is 3. The summed E-state index contributed by atoms with van der Waals surface area (Å²) in [5, 5.41) is 23.1. The summed E-state index contributed by atoms with van der Waals surface area (Å²) in [6, 6.07) is 15.2. The zero-order valence-electron chi connectivity index (χ0n) is 21.7. The summed E-state index contributed by atoms with van der Waals surface area (Å²) >= 11 is 0. The molecule has 4 N–H and O–H groups in total. The molecule has 0 radical (unpaired) electrons. The second-order valence-corrected chi connectivity index (χ2v) is 9.03. The first-order valence-corrected chi connectivity index (χ1v) is 12.6. The molecule has 218 valence electrons. The lowest BCUT2D eigenvalue weighted by Gasteiger charge is -2.19. The number of nitrogens with zero attached hydrogens (tertiary/aromatic N) is 1. The first kappa shape index (κ1) is 30.7. The average molecular weight is 576 g/mol. The number of unbranched alkanes of at least 4 members (excludes halogenated alkanes) is 2. The number of ketones is 1. The third-order valence-corrected chi connectivity index (χ3v) is 5.92. The molecule has 1 unspecified atom stereocenters. The second kappa shape index (κ2) is 14.0. The van der Waals surface area contributed by atoms with Gasteiger partial charge in [-0.05, 0) is 18.4 Å². The highest BCUT2D eigenvalue weighted by molar-refractivity contribution is 6.08. The van der Waals surface area contributed by atoms with Crippen LogP contribution in [0.2, 0.25) is 0 Å². The number of aromatic hydroxyl groups is 2. The third-order valence-electron chi connectivity index (χ3n) is 5.92. The summed E-state index contributed by atoms with van der Waals surface area (Å²) in [7, 11) is 0. The SMILES string of the molecule is O=C(CCCCCNC(=O)C(Cc1ccc(C(=O)c2ccccc2)cc1)NC(=O)C(F)(F)F)On1c(O)ccc1O. The summed E-state index contributed by atoms with van der Waals surface area (Å²) in [5.41, 5.74) is 1.24. The highest BCUT2D eigenvalue weighted by atomic mass is 19.4. The summed E-state index contributed by atoms with van der Waals surface area (Å²) in [5.74, 6) is -4.96. The van der Waals surface area contributed by atoms with Crippen molar-refractivity contribution >= 4 is 23.6 Å². The van der Waals surface area contributed by atoms with Gasteiger partial charge in [-0.3, -0.25) is 14.4 Å². The number of benzene rings is 2. The quantitative estimate of drug-likeness (QED) is 0.181. The van der Waals surface area contributed by atoms with Crippen LogP contribution in [0.15, 0.2) is 66.7 Å². The zero-order valence-corrected chi connectivity index (χ0v) is 21.7. The molecule has 2 aromatic carbocycles. The Bertz CT molecular complexity index is 1340. The van der Waals surface area contributed by atoms with Crippen LogP contribution < -0.4 is 15.5 Å². The lowest BCUT2D eigenvalue weighted by atomic mass is 9.99. The predicted molar refractivity (Wildman–Crippen MR) is 139 cm³/mol. The number of aromatic nitrogens is 1. The molecule has 0 fully saturated rings. The van der Waals surface area contributed by atoms with Crippen molar-refractivity contribution in [3.63, 3.8) is 0 Å². The van der Waals surface area contributed by atoms with Crippen LogP contribution in [0, 0.1) is 0 Å². The Balaban J connectivity index is 1.51. The van der Waals surface area contributed by atoms with Gasteiger partial charge >= 0.3 is 18.1 Å². The second-order valence-electron chi connectivity index (χ2n) is 9.03. The Labute approximate surface area is 232 Å². The van der Waals surface area contributed by atoms with E-state index in [0.29, 0.717) is 40.7 Å². The molecule has 10 nitrogen and oxygen atoms in total. The molecule has 41 heavy (non-hydrogen) atoms. The number of carbonyl (C=O) groups excluding carboxylic acids is 4. The van der Waals surface area contributed by atoms with E-state index in [1.54, 1.807) is 35.6 Å². The van der Waals surface area contributed by atoms with E-state index in [9.17, 15) is 42.6 Å². The van der Waals surface area contributed by atoms with Crippen molar-refractivity contribution in [2.75, 3.05) is 6.54 Å². The Morgan fingerprint density at radius 1 is 0.829 bits per heavy atom. The van der Waals surface area contributed by atoms with Crippen LogP contribution in [0.4, 0.5) is 13.2 Å². The molecule has 1 heterocycles. The van der Waals surface area contributed by atoms with Crippen LogP contribution in [-0.4, -0.2) is 57.3 Å². The summed E-state index contributed by atoms with van der Waals surface area (Å²) < 4.78 is 39.2. The van der Waals surface area contributed by atoms with E-state index < -0.39 is 41.8 Å². The average Bonchev–Trinajstić information content (AvgIpc) is 3.26. The molecule has 1 atom stereocenters. The number of alkyl halides is 3. The summed E-state index contributed by atoms with van der Waals surface area (Å²) in [6.45, 7) is 0.0654. The minimum atomic E-state index is -5.19. The van der Waals surface area contributed by atoms with Gasteiger partial charge in [0.05, 0.1) is 0 Å². The zero-order chi connectivity index (χ0) is 30.0. The highest BCUT2D eigenvalue weighted by Crippen LogP contribution is 2.19. The van der Waals surface area contributed by atoms with Gasteiger partial charge in [0, 0.05) is 42.6 Å². The largest absolute Gasteiger partial charge is 0.492 e. The van der Waals surface area contributed by atoms with Gasteiger partial charge in [-0.1, -0.05) is 61.0 Å². The number of hydrogen-bond donors (Lipinski definition) is 4. The van der Waals surface area contributed by atoms with Crippen molar-refractivity contribution in [2.24, 2.45) is 0 Å². The molecule has 0 aliphatic rings. The standard InChI is InChI=1S/C28H28F3N3O7/c29-28(30,31)27(40)33-21(17-18-10-12-20(13-11-18)25(38)19-7-3-1-4-8-19)26(39)32-16-6-2-5-9-24(37)41-34-22(35)14-15-23(34)36/h1,3-4,7-8,10-15,21,35-36H,2,5-6,9,16-17H2,(H,32,39)(H,33,40). The van der Waals surface area contributed by atoms with Gasteiger partial charge in [-0.15, -0.1) is 4.73 Å². The lowest BCUT2D eigenvalue weighted by Crippen LogP contribution is -2.51. The van der Waals surface area contributed by atoms with Crippen LogP contribution in [0.1, 0.15) is 47.2 Å². The number of amides is 2. The van der Waals surface area contributed by atoms with Crippen molar-refractivity contribution in [3.05, 3.63) is 83.4 Å². The normalized spacial score (nSPS) is 11.9. The molecular weight excluding hydrogens is 547 g/mol. The monoisotopic (exact) mass is 575 g/mol. The minimum Gasteiger partial charge on any atom is -0.492 e. The molecule has 0 aliphatic carbocycles. The predicted octanol–water partition coefficient (Wildman–Crippen LogP) is 3.05. The van der Waals surface area contributed by atoms with E-state index in [-0.39, 0.29) is 25.2 Å². The summed E-state index contributed by atoms with van der Waals surface area (Å²) in [6.07, 6.45) is -4.35. The molecule has 3 aromatic rings. The summed E-state index contributed by atoms with van der Waals surface area (Å²) in [4.78, 5) is 53.5. The van der Waals surface area contributed by atoms with Gasteiger partial charge < -0.3 is 25.7 Å². The third kappa shape index (κ3) is 9.12. The fraction of sp³-hybridized carbons (Fsp3) is 0.286. The van der Waals surface area contributed by atoms with Gasteiger partial charge in [0.25, 0.3) is 0 Å². The minimum absolute atomic E-state index is 0.0575. The fourth-order valence-corrected chi connectivity index (χ4v) is 3.78. The maximum Gasteiger partial charge on any atom is 0.471 e. The molecular formula is C28H28F3N3O7. The molecule has 0 saturated heterocycles. The first-order chi connectivity index (χ1) is 19.5. The van der Waals surface area contributed by atoms with Crippen LogP contribution in [0.5, 0.6) is 11.8 Å². The fourth-order valence-electron chi connectivity index (χ4n) is 3.78. The van der Waals surface area contributed by atoms with E-state index >= 15 is 0 Å². The smallest absolute Gasteiger partial charge is 0.471 e. The Kier molecular flexibility index (Phi) is 10.5. The van der Waals surface area contributed by atoms with Crippen LogP contribution >= 0.6 is 0 Å². The molecule has 0 saturated carbocycles. The topological polar surface area (TPSA) is 147 Å². The molecule has 3 rings (SSSR count). The number of carbonyl (C=O) groups is 4. The Morgan fingerprint density at radius 3 is 2.05 bits per heavy atom. The van der Waals surface area contributed by atoms with Crippen LogP contribution in [0.25, 0.3) is 0 Å². The van der Waals surface area contributed by atoms with E-state index in [2.05, 4.69) is 5.32 Å². The first-order valence-electron chi connectivity index (χ1n) is 12.6. The van der Waals surface area contributed by atoms with Crippen LogP contribution in [0.3, 0.4) is 0 Å². The number of hydrogen-bond acceptors (Lipinski definition) is 7. The van der Waals surface area contributed by atoms with Crippen molar-refractivity contribution in [1.82, 2.24) is 15.4 Å². The number of nitrogens with one attached hydrogen (secondary N) is 2. The molecule has 13 heteroatoms.